The van der Waals surface area contributed by atoms with Gasteiger partial charge in [0, 0.05) is 39.0 Å². The van der Waals surface area contributed by atoms with E-state index in [2.05, 4.69) is 36.5 Å². The molecule has 1 spiro atoms. The Morgan fingerprint density at radius 1 is 0.900 bits per heavy atom. The average molecular weight is 598 g/mol. The molecule has 0 bridgehead atoms. The molecule has 40 heavy (non-hydrogen) atoms. The van der Waals surface area contributed by atoms with Gasteiger partial charge in [-0.3, -0.25) is 29.7 Å². The monoisotopic (exact) mass is 597 g/mol. The second-order valence-electron chi connectivity index (χ2n) is 9.30. The average Bonchev–Trinajstić information content (AvgIpc) is 3.45. The first-order valence-electron chi connectivity index (χ1n) is 12.0. The summed E-state index contributed by atoms with van der Waals surface area (Å²) < 4.78 is 2.18. The van der Waals surface area contributed by atoms with E-state index in [-0.39, 0.29) is 17.1 Å². The molecule has 1 atom stereocenters. The van der Waals surface area contributed by atoms with Gasteiger partial charge in [-0.1, -0.05) is 46.3 Å². The molecule has 0 saturated heterocycles. The van der Waals surface area contributed by atoms with Gasteiger partial charge in [0.1, 0.15) is 17.1 Å². The Morgan fingerprint density at radius 3 is 2.38 bits per heavy atom. The third kappa shape index (κ3) is 3.18. The smallest absolute Gasteiger partial charge is 0.326 e. The van der Waals surface area contributed by atoms with Crippen LogP contribution in [0, 0.1) is 10.1 Å². The van der Waals surface area contributed by atoms with E-state index in [1.165, 1.54) is 28.9 Å². The molecule has 1 amide bonds. The van der Waals surface area contributed by atoms with Crippen molar-refractivity contribution in [1.82, 2.24) is 19.7 Å². The van der Waals surface area contributed by atoms with Crippen LogP contribution >= 0.6 is 15.9 Å². The number of nitrogens with one attached hydrogen (secondary N) is 4. The Labute approximate surface area is 232 Å². The second kappa shape index (κ2) is 8.35. The third-order valence-corrected chi connectivity index (χ3v) is 7.64. The van der Waals surface area contributed by atoms with Gasteiger partial charge in [-0.25, -0.2) is 9.48 Å². The van der Waals surface area contributed by atoms with Crippen LogP contribution in [0.3, 0.4) is 0 Å². The summed E-state index contributed by atoms with van der Waals surface area (Å²) in [5, 5.41) is 22.2. The van der Waals surface area contributed by atoms with Crippen molar-refractivity contribution in [3.05, 3.63) is 125 Å². The fraction of sp³-hybridized carbons (Fsp3) is 0.0370. The van der Waals surface area contributed by atoms with Crippen LogP contribution in [0.25, 0.3) is 16.9 Å². The van der Waals surface area contributed by atoms with Crippen LogP contribution in [-0.2, 0) is 10.2 Å². The van der Waals surface area contributed by atoms with E-state index in [4.69, 9.17) is 5.10 Å². The van der Waals surface area contributed by atoms with Crippen molar-refractivity contribution >= 4 is 44.8 Å². The molecule has 2 aromatic heterocycles. The molecule has 1 unspecified atom stereocenters. The third-order valence-electron chi connectivity index (χ3n) is 7.15. The molecule has 2 aliphatic heterocycles. The summed E-state index contributed by atoms with van der Waals surface area (Å²) in [7, 11) is 0. The molecular weight excluding hydrogens is 582 g/mol. The molecule has 5 aromatic rings. The number of aromatic nitrogens is 4. The predicted molar refractivity (Wildman–Crippen MR) is 149 cm³/mol. The maximum Gasteiger partial charge on any atom is 0.327 e. The molecule has 2 aliphatic rings. The van der Waals surface area contributed by atoms with Gasteiger partial charge < -0.3 is 10.6 Å². The number of carbonyl (C=O) groups is 1. The zero-order valence-electron chi connectivity index (χ0n) is 20.2. The van der Waals surface area contributed by atoms with Crippen LogP contribution in [0.2, 0.25) is 0 Å². The van der Waals surface area contributed by atoms with Gasteiger partial charge in [0.25, 0.3) is 11.2 Å². The van der Waals surface area contributed by atoms with Gasteiger partial charge >= 0.3 is 5.69 Å². The lowest BCUT2D eigenvalue weighted by Crippen LogP contribution is -2.46. The van der Waals surface area contributed by atoms with E-state index in [0.29, 0.717) is 44.0 Å². The lowest BCUT2D eigenvalue weighted by atomic mass is 9.68. The van der Waals surface area contributed by atoms with Crippen molar-refractivity contribution in [2.45, 2.75) is 5.41 Å². The van der Waals surface area contributed by atoms with Gasteiger partial charge in [-0.2, -0.15) is 5.10 Å². The molecule has 4 heterocycles. The minimum absolute atomic E-state index is 0.00869. The van der Waals surface area contributed by atoms with Crippen molar-refractivity contribution in [3.63, 3.8) is 0 Å². The number of nitro groups is 1. The zero-order valence-corrected chi connectivity index (χ0v) is 21.8. The number of fused-ring (bicyclic) bond motifs is 6. The van der Waals surface area contributed by atoms with Gasteiger partial charge in [-0.05, 0) is 30.3 Å². The molecule has 4 N–H and O–H groups in total. The summed E-state index contributed by atoms with van der Waals surface area (Å²) in [4.78, 5) is 55.8. The van der Waals surface area contributed by atoms with E-state index in [1.807, 2.05) is 30.3 Å². The summed E-state index contributed by atoms with van der Waals surface area (Å²) in [6, 6.07) is 20.2. The van der Waals surface area contributed by atoms with Gasteiger partial charge in [0.2, 0.25) is 5.91 Å². The lowest BCUT2D eigenvalue weighted by Gasteiger charge is -2.34. The minimum atomic E-state index is -1.71. The number of amides is 1. The Hall–Kier alpha value is -5.30. The molecule has 0 saturated carbocycles. The second-order valence-corrected chi connectivity index (χ2v) is 10.2. The number of rotatable bonds is 3. The Balaban J connectivity index is 1.65. The van der Waals surface area contributed by atoms with Gasteiger partial charge in [0.15, 0.2) is 0 Å². The molecule has 12 nitrogen and oxygen atoms in total. The van der Waals surface area contributed by atoms with Crippen LogP contribution in [0.4, 0.5) is 23.0 Å². The topological polar surface area (TPSA) is 168 Å². The molecule has 0 radical (unpaired) electrons. The highest BCUT2D eigenvalue weighted by molar-refractivity contribution is 9.10. The molecule has 3 aromatic carbocycles. The normalized spacial score (nSPS) is 16.6. The predicted octanol–water partition coefficient (Wildman–Crippen LogP) is 3.93. The number of benzene rings is 3. The van der Waals surface area contributed by atoms with Crippen molar-refractivity contribution in [1.29, 1.82) is 0 Å². The Bertz CT molecular complexity index is 2010. The molecule has 0 fully saturated rings. The Kier molecular flexibility index (Phi) is 4.97. The first-order chi connectivity index (χ1) is 19.3. The quantitative estimate of drug-likeness (QED) is 0.180. The highest BCUT2D eigenvalue weighted by atomic mass is 79.9. The molecule has 7 rings (SSSR count). The molecule has 0 aliphatic carbocycles. The van der Waals surface area contributed by atoms with E-state index >= 15 is 0 Å². The van der Waals surface area contributed by atoms with Crippen LogP contribution in [0.15, 0.2) is 86.9 Å². The molecule has 13 heteroatoms. The van der Waals surface area contributed by atoms with Crippen molar-refractivity contribution in [2.75, 3.05) is 10.6 Å². The number of hydrogen-bond acceptors (Lipinski definition) is 7. The molecule has 196 valence electrons. The van der Waals surface area contributed by atoms with Gasteiger partial charge in [-0.15, -0.1) is 0 Å². The summed E-state index contributed by atoms with van der Waals surface area (Å²) in [6.45, 7) is 0. The number of aromatic amines is 2. The summed E-state index contributed by atoms with van der Waals surface area (Å²) in [5.41, 5.74) is -0.393. The molecular formula is C27H16BrN7O5. The SMILES string of the molecule is O=C1Nc2ccc(Br)cc2C12c1c(-c3ccccc3)nn(-c3ccc([N+](=O)[O-])cc3)c1Nc1[nH]c(=O)[nH]c(=O)c12. The first kappa shape index (κ1) is 23.8. The van der Waals surface area contributed by atoms with E-state index in [0.717, 1.165) is 0 Å². The fourth-order valence-corrected chi connectivity index (χ4v) is 5.90. The number of anilines is 3. The number of halogens is 1. The van der Waals surface area contributed by atoms with Crippen molar-refractivity contribution in [2.24, 2.45) is 0 Å². The number of nitro benzene ring substituents is 1. The maximum atomic E-state index is 14.2. The summed E-state index contributed by atoms with van der Waals surface area (Å²) in [5.74, 6) is -0.154. The standard InChI is InChI=1S/C27H16BrN7O5/c28-14-6-11-18-17(12-14)27(25(37)29-18)19-21(13-4-2-1-3-5-13)33-34(15-7-9-16(10-8-15)35(39)40)23(19)30-22-20(27)24(36)32-26(38)31-22/h1-12H,(H,29,37)(H3,30,31,32,36,38). The van der Waals surface area contributed by atoms with Crippen LogP contribution < -0.4 is 21.9 Å². The van der Waals surface area contributed by atoms with Gasteiger partial charge in [0.05, 0.1) is 21.9 Å². The number of non-ortho nitro benzene ring substituents is 1. The summed E-state index contributed by atoms with van der Waals surface area (Å²) >= 11 is 3.49. The first-order valence-corrected chi connectivity index (χ1v) is 12.8. The number of H-pyrrole nitrogens is 2. The Morgan fingerprint density at radius 2 is 1.65 bits per heavy atom. The van der Waals surface area contributed by atoms with E-state index < -0.39 is 27.5 Å². The maximum absolute atomic E-state index is 14.2. The zero-order chi connectivity index (χ0) is 27.8. The van der Waals surface area contributed by atoms with Crippen LogP contribution in [0.5, 0.6) is 0 Å². The van der Waals surface area contributed by atoms with Crippen molar-refractivity contribution in [3.8, 4) is 16.9 Å². The van der Waals surface area contributed by atoms with Crippen LogP contribution in [0.1, 0.15) is 16.7 Å². The largest absolute Gasteiger partial charge is 0.327 e. The number of hydrogen-bond donors (Lipinski definition) is 4. The minimum Gasteiger partial charge on any atom is -0.326 e. The lowest BCUT2D eigenvalue weighted by molar-refractivity contribution is -0.384. The number of carbonyl (C=O) groups excluding carboxylic acids is 1. The van der Waals surface area contributed by atoms with Crippen molar-refractivity contribution < 1.29 is 9.72 Å². The highest BCUT2D eigenvalue weighted by Crippen LogP contribution is 2.56. The highest BCUT2D eigenvalue weighted by Gasteiger charge is 2.58. The van der Waals surface area contributed by atoms with E-state index in [1.54, 1.807) is 18.2 Å². The van der Waals surface area contributed by atoms with E-state index in [9.17, 15) is 24.5 Å². The summed E-state index contributed by atoms with van der Waals surface area (Å²) in [6.07, 6.45) is 0. The van der Waals surface area contributed by atoms with Crippen LogP contribution in [-0.4, -0.2) is 30.6 Å². The fourth-order valence-electron chi connectivity index (χ4n) is 5.54. The number of nitrogens with zero attached hydrogens (tertiary/aromatic N) is 3.